The van der Waals surface area contributed by atoms with Crippen molar-refractivity contribution in [1.29, 1.82) is 0 Å². The molecule has 0 saturated carbocycles. The van der Waals surface area contributed by atoms with Gasteiger partial charge in [-0.3, -0.25) is 53.3 Å². The molecule has 14 atom stereocenters. The molecule has 0 aliphatic carbocycles. The average Bonchev–Trinajstić information content (AvgIpc) is 3.39. The van der Waals surface area contributed by atoms with Gasteiger partial charge in [0.15, 0.2) is 0 Å². The summed E-state index contributed by atoms with van der Waals surface area (Å²) in [5.74, 6) is -8.63. The number of hydrogen-bond donors (Lipinski definition) is 19. The Labute approximate surface area is 476 Å². The second-order valence-electron chi connectivity index (χ2n) is 21.7. The van der Waals surface area contributed by atoms with Gasteiger partial charge in [0.25, 0.3) is 0 Å². The van der Waals surface area contributed by atoms with Crippen LogP contribution in [0, 0.1) is 17.8 Å². The van der Waals surface area contributed by atoms with E-state index in [1.165, 1.54) is 13.8 Å². The smallest absolute Gasteiger partial charge is 0.245 e. The number of aliphatic hydroxyl groups is 3. The first-order valence-corrected chi connectivity index (χ1v) is 28.5. The molecule has 1 aliphatic rings. The molecule has 1 heterocycles. The van der Waals surface area contributed by atoms with E-state index in [1.807, 2.05) is 0 Å². The highest BCUT2D eigenvalue weighted by molar-refractivity contribution is 5.97. The molecule has 0 aromatic carbocycles. The van der Waals surface area contributed by atoms with Crippen LogP contribution < -0.4 is 87.2 Å². The topological polar surface area (TPSA) is 494 Å². The molecule has 24 N–H and O–H groups in total. The van der Waals surface area contributed by atoms with E-state index < -0.39 is 150 Å². The first-order valence-electron chi connectivity index (χ1n) is 28.5. The summed E-state index contributed by atoms with van der Waals surface area (Å²) in [4.78, 5) is 138. The number of hydrogen-bond acceptors (Lipinski definition) is 19. The van der Waals surface area contributed by atoms with Crippen LogP contribution in [0.4, 0.5) is 0 Å². The van der Waals surface area contributed by atoms with Crippen molar-refractivity contribution in [3.8, 4) is 0 Å². The minimum Gasteiger partial charge on any atom is -0.391 e. The number of nitrogens with two attached hydrogens (primary N) is 5. The third kappa shape index (κ3) is 26.9. The lowest BCUT2D eigenvalue weighted by atomic mass is 9.99. The third-order valence-corrected chi connectivity index (χ3v) is 13.7. The van der Waals surface area contributed by atoms with E-state index in [1.54, 1.807) is 27.7 Å². The Kier molecular flexibility index (Phi) is 35.3. The SMILES string of the molecule is CC[C@H](C)CCCCC(=O)N[C@@H](CCN)C(=O)N[C@H](C(=O)N[C@@H](CCN)C(=O)N[C@H]1CCNC(=O)[C@H]([C@@H](C)O)NC(=O)[C@H](CCN)NC(=O)[C@H](CCN)NC(=O)[C@H](C(C)C)NC(=O)[C@@H](CC(C)C)NC(=O)[C@H](CCN)NC1O)[C@@H](C)O. The molecule has 10 amide bonds. The molecule has 1 fully saturated rings. The van der Waals surface area contributed by atoms with Crippen LogP contribution in [0.3, 0.4) is 0 Å². The van der Waals surface area contributed by atoms with Crippen molar-refractivity contribution in [3.63, 3.8) is 0 Å². The fourth-order valence-corrected chi connectivity index (χ4v) is 8.70. The summed E-state index contributed by atoms with van der Waals surface area (Å²) < 4.78 is 0. The summed E-state index contributed by atoms with van der Waals surface area (Å²) in [6.07, 6.45) is -2.42. The Bertz CT molecular complexity index is 2000. The fraction of sp³-hybridized carbons (Fsp3) is 0.808. The van der Waals surface area contributed by atoms with Gasteiger partial charge in [0.05, 0.1) is 24.3 Å². The number of aliphatic hydroxyl groups excluding tert-OH is 3. The fourth-order valence-electron chi connectivity index (χ4n) is 8.70. The van der Waals surface area contributed by atoms with Gasteiger partial charge in [-0.25, -0.2) is 0 Å². The Morgan fingerprint density at radius 1 is 0.580 bits per heavy atom. The molecule has 29 nitrogen and oxygen atoms in total. The van der Waals surface area contributed by atoms with E-state index in [0.29, 0.717) is 12.3 Å². The molecule has 0 bridgehead atoms. The van der Waals surface area contributed by atoms with E-state index in [9.17, 15) is 63.3 Å². The molecule has 29 heteroatoms. The highest BCUT2D eigenvalue weighted by Crippen LogP contribution is 2.14. The number of carbonyl (C=O) groups excluding carboxylic acids is 10. The molecule has 0 radical (unpaired) electrons. The second kappa shape index (κ2) is 38.9. The summed E-state index contributed by atoms with van der Waals surface area (Å²) in [5, 5.41) is 61.8. The molecule has 0 spiro atoms. The standard InChI is InChI=1S/C52H100N16O13/c1-9-29(6)12-10-11-13-39(71)59-32(14-20-53)47(76)68-42(31(8)70)52(81)64-35(17-23-56)44(73)62-37-19-25-58-50(79)41(30(7)69)67-48(77)36(18-24-57)61-43(72)34(16-22-55)63-51(80)40(28(4)5)66-49(78)38(26-27(2)3)65-45(74)33(15-21-54)60-46(37)75/h27-38,40-42,46,60,69-70,75H,9-26,53-57H2,1-8H3,(H,58,79)(H,59,71)(H,61,72)(H,62,73)(H,63,80)(H,64,81)(H,65,74)(H,66,78)(H,67,77)(H,68,76)/t29-,30+,31+,32-,33-,34-,35-,36-,37-,38+,40-,41-,42-,46?/m0/s1. The lowest BCUT2D eigenvalue weighted by Crippen LogP contribution is -2.63. The molecular formula is C52H100N16O13. The van der Waals surface area contributed by atoms with Gasteiger partial charge in [0.2, 0.25) is 59.1 Å². The van der Waals surface area contributed by atoms with Gasteiger partial charge in [-0.15, -0.1) is 0 Å². The van der Waals surface area contributed by atoms with E-state index in [0.717, 1.165) is 19.3 Å². The predicted octanol–water partition coefficient (Wildman–Crippen LogP) is -6.04. The molecule has 1 unspecified atom stereocenters. The van der Waals surface area contributed by atoms with Crippen molar-refractivity contribution >= 4 is 59.1 Å². The molecule has 0 aromatic heterocycles. The minimum atomic E-state index is -1.87. The molecule has 0 aromatic rings. The van der Waals surface area contributed by atoms with Crippen molar-refractivity contribution in [2.45, 2.75) is 211 Å². The van der Waals surface area contributed by atoms with E-state index >= 15 is 0 Å². The van der Waals surface area contributed by atoms with E-state index in [2.05, 4.69) is 72.3 Å². The van der Waals surface area contributed by atoms with Crippen LogP contribution in [0.1, 0.15) is 132 Å². The van der Waals surface area contributed by atoms with E-state index in [4.69, 9.17) is 28.7 Å². The minimum absolute atomic E-state index is 0.00497. The van der Waals surface area contributed by atoms with Crippen LogP contribution in [0.15, 0.2) is 0 Å². The lowest BCUT2D eigenvalue weighted by molar-refractivity contribution is -0.136. The maximum atomic E-state index is 14.3. The van der Waals surface area contributed by atoms with Crippen molar-refractivity contribution in [2.24, 2.45) is 46.4 Å². The van der Waals surface area contributed by atoms with Crippen LogP contribution in [-0.4, -0.2) is 193 Å². The normalized spacial score (nSPS) is 24.6. The molecular weight excluding hydrogens is 1060 g/mol. The van der Waals surface area contributed by atoms with Crippen LogP contribution in [-0.2, 0) is 47.9 Å². The second-order valence-corrected chi connectivity index (χ2v) is 21.7. The van der Waals surface area contributed by atoms with Crippen LogP contribution in [0.2, 0.25) is 0 Å². The Morgan fingerprint density at radius 3 is 1.60 bits per heavy atom. The molecule has 1 saturated heterocycles. The van der Waals surface area contributed by atoms with Crippen LogP contribution in [0.5, 0.6) is 0 Å². The van der Waals surface area contributed by atoms with Crippen molar-refractivity contribution in [2.75, 3.05) is 39.3 Å². The van der Waals surface area contributed by atoms with Crippen molar-refractivity contribution < 1.29 is 63.3 Å². The largest absolute Gasteiger partial charge is 0.391 e. The van der Waals surface area contributed by atoms with Gasteiger partial charge in [-0.05, 0) is 116 Å². The van der Waals surface area contributed by atoms with Gasteiger partial charge < -0.3 is 97.2 Å². The number of nitrogens with one attached hydrogen (secondary N) is 11. The summed E-state index contributed by atoms with van der Waals surface area (Å²) in [5.41, 5.74) is 29.2. The average molecular weight is 1160 g/mol. The van der Waals surface area contributed by atoms with Gasteiger partial charge >= 0.3 is 0 Å². The number of amides is 10. The molecule has 1 aliphatic heterocycles. The number of unbranched alkanes of at least 4 members (excludes halogenated alkanes) is 1. The van der Waals surface area contributed by atoms with Gasteiger partial charge in [-0.2, -0.15) is 0 Å². The summed E-state index contributed by atoms with van der Waals surface area (Å²) in [6.45, 7) is 12.5. The third-order valence-electron chi connectivity index (χ3n) is 13.7. The summed E-state index contributed by atoms with van der Waals surface area (Å²) in [6, 6.07) is -14.1. The summed E-state index contributed by atoms with van der Waals surface area (Å²) >= 11 is 0. The Balaban J connectivity index is 3.79. The first kappa shape index (κ1) is 73.4. The van der Waals surface area contributed by atoms with Crippen LogP contribution in [0.25, 0.3) is 0 Å². The Morgan fingerprint density at radius 2 is 1.09 bits per heavy atom. The quantitative estimate of drug-likeness (QED) is 0.0324. The zero-order valence-electron chi connectivity index (χ0n) is 48.8. The Hall–Kier alpha value is -5.66. The summed E-state index contributed by atoms with van der Waals surface area (Å²) in [7, 11) is 0. The van der Waals surface area contributed by atoms with Gasteiger partial charge in [0.1, 0.15) is 54.6 Å². The maximum absolute atomic E-state index is 14.3. The van der Waals surface area contributed by atoms with Crippen molar-refractivity contribution in [1.82, 2.24) is 58.5 Å². The molecule has 466 valence electrons. The van der Waals surface area contributed by atoms with Gasteiger partial charge in [0, 0.05) is 13.0 Å². The lowest BCUT2D eigenvalue weighted by Gasteiger charge is -2.32. The van der Waals surface area contributed by atoms with E-state index in [-0.39, 0.29) is 90.0 Å². The highest BCUT2D eigenvalue weighted by Gasteiger charge is 2.38. The molecule has 1 rings (SSSR count). The number of rotatable bonds is 28. The first-order chi connectivity index (χ1) is 38.2. The zero-order chi connectivity index (χ0) is 61.5. The predicted molar refractivity (Wildman–Crippen MR) is 302 cm³/mol. The monoisotopic (exact) mass is 1160 g/mol. The zero-order valence-corrected chi connectivity index (χ0v) is 48.8. The van der Waals surface area contributed by atoms with Crippen molar-refractivity contribution in [3.05, 3.63) is 0 Å². The highest BCUT2D eigenvalue weighted by atomic mass is 16.3. The maximum Gasteiger partial charge on any atom is 0.245 e. The van der Waals surface area contributed by atoms with Gasteiger partial charge in [-0.1, -0.05) is 60.8 Å². The number of carbonyl (C=O) groups is 10. The van der Waals surface area contributed by atoms with Crippen LogP contribution >= 0.6 is 0 Å². The molecule has 81 heavy (non-hydrogen) atoms.